The van der Waals surface area contributed by atoms with Crippen LogP contribution in [0.1, 0.15) is 26.2 Å². The van der Waals surface area contributed by atoms with Crippen molar-refractivity contribution in [1.29, 1.82) is 0 Å². The van der Waals surface area contributed by atoms with E-state index < -0.39 is 0 Å². The van der Waals surface area contributed by atoms with Gasteiger partial charge < -0.3 is 9.53 Å². The first-order valence-electron chi connectivity index (χ1n) is 5.02. The molecular weight excluding hydrogens is 176 g/mol. The fourth-order valence-corrected chi connectivity index (χ4v) is 1.35. The monoisotopic (exact) mass is 192 g/mol. The second-order valence-corrected chi connectivity index (χ2v) is 3.24. The Morgan fingerprint density at radius 2 is 2.07 bits per heavy atom. The van der Waals surface area contributed by atoms with Gasteiger partial charge in [-0.25, -0.2) is 0 Å². The number of aldehydes is 1. The molecule has 0 bridgehead atoms. The van der Waals surface area contributed by atoms with Gasteiger partial charge in [-0.15, -0.1) is 0 Å². The van der Waals surface area contributed by atoms with Crippen LogP contribution >= 0.6 is 0 Å². The highest BCUT2D eigenvalue weighted by atomic mass is 16.5. The summed E-state index contributed by atoms with van der Waals surface area (Å²) >= 11 is 0. The van der Waals surface area contributed by atoms with Crippen molar-refractivity contribution in [2.24, 2.45) is 0 Å². The van der Waals surface area contributed by atoms with Crippen LogP contribution in [0.4, 0.5) is 0 Å². The van der Waals surface area contributed by atoms with Crippen molar-refractivity contribution in [1.82, 2.24) is 0 Å². The van der Waals surface area contributed by atoms with E-state index in [1.165, 1.54) is 0 Å². The maximum absolute atomic E-state index is 10.4. The molecule has 2 nitrogen and oxygen atoms in total. The standard InChI is InChI=1S/C12H16O2/c1-2-6-11(9-10-13)14-12-7-4-3-5-8-12/h3-5,7-8,10-11H,2,6,9H2,1H3/t11-/m0/s1. The highest BCUT2D eigenvalue weighted by Gasteiger charge is 2.07. The van der Waals surface area contributed by atoms with E-state index in [0.717, 1.165) is 24.9 Å². The Morgan fingerprint density at radius 1 is 1.36 bits per heavy atom. The maximum Gasteiger partial charge on any atom is 0.123 e. The van der Waals surface area contributed by atoms with Crippen LogP contribution in [0.25, 0.3) is 0 Å². The van der Waals surface area contributed by atoms with Crippen LogP contribution in [0, 0.1) is 0 Å². The second-order valence-electron chi connectivity index (χ2n) is 3.24. The summed E-state index contributed by atoms with van der Waals surface area (Å²) in [5.74, 6) is 0.841. The van der Waals surface area contributed by atoms with Crippen LogP contribution in [-0.4, -0.2) is 12.4 Å². The molecule has 0 aliphatic rings. The number of rotatable bonds is 6. The summed E-state index contributed by atoms with van der Waals surface area (Å²) < 4.78 is 5.66. The van der Waals surface area contributed by atoms with Gasteiger partial charge in [0.15, 0.2) is 0 Å². The molecule has 1 aromatic rings. The van der Waals surface area contributed by atoms with E-state index in [2.05, 4.69) is 6.92 Å². The fourth-order valence-electron chi connectivity index (χ4n) is 1.35. The first kappa shape index (κ1) is 10.8. The lowest BCUT2D eigenvalue weighted by Crippen LogP contribution is -2.16. The Hall–Kier alpha value is -1.31. The Kier molecular flexibility index (Phi) is 4.76. The summed E-state index contributed by atoms with van der Waals surface area (Å²) in [7, 11) is 0. The van der Waals surface area contributed by atoms with E-state index >= 15 is 0 Å². The highest BCUT2D eigenvalue weighted by molar-refractivity contribution is 5.50. The summed E-state index contributed by atoms with van der Waals surface area (Å²) in [6, 6.07) is 9.63. The van der Waals surface area contributed by atoms with Crippen molar-refractivity contribution in [2.75, 3.05) is 0 Å². The molecule has 0 N–H and O–H groups in total. The SMILES string of the molecule is CCC[C@@H](CC=O)Oc1ccccc1. The van der Waals surface area contributed by atoms with Crippen LogP contribution in [0.2, 0.25) is 0 Å². The minimum atomic E-state index is 0.0277. The first-order valence-corrected chi connectivity index (χ1v) is 5.02. The van der Waals surface area contributed by atoms with Gasteiger partial charge in [-0.3, -0.25) is 0 Å². The fraction of sp³-hybridized carbons (Fsp3) is 0.417. The van der Waals surface area contributed by atoms with Crippen LogP contribution in [0.3, 0.4) is 0 Å². The molecule has 0 spiro atoms. The zero-order valence-corrected chi connectivity index (χ0v) is 8.48. The van der Waals surface area contributed by atoms with Crippen molar-refractivity contribution in [3.63, 3.8) is 0 Å². The van der Waals surface area contributed by atoms with E-state index in [0.29, 0.717) is 6.42 Å². The lowest BCUT2D eigenvalue weighted by Gasteiger charge is -2.15. The molecule has 0 heterocycles. The van der Waals surface area contributed by atoms with Gasteiger partial charge in [-0.2, -0.15) is 0 Å². The Bertz CT molecular complexity index is 256. The molecule has 0 unspecified atom stereocenters. The van der Waals surface area contributed by atoms with Gasteiger partial charge in [0, 0.05) is 6.42 Å². The number of hydrogen-bond acceptors (Lipinski definition) is 2. The molecular formula is C12H16O2. The lowest BCUT2D eigenvalue weighted by molar-refractivity contribution is -0.109. The number of ether oxygens (including phenoxy) is 1. The molecule has 76 valence electrons. The van der Waals surface area contributed by atoms with Crippen molar-refractivity contribution in [3.8, 4) is 5.75 Å². The minimum Gasteiger partial charge on any atom is -0.490 e. The summed E-state index contributed by atoms with van der Waals surface area (Å²) in [6.45, 7) is 2.09. The lowest BCUT2D eigenvalue weighted by atomic mass is 10.1. The van der Waals surface area contributed by atoms with Crippen molar-refractivity contribution in [2.45, 2.75) is 32.3 Å². The smallest absolute Gasteiger partial charge is 0.123 e. The number of carbonyl (C=O) groups is 1. The van der Waals surface area contributed by atoms with E-state index in [9.17, 15) is 4.79 Å². The molecule has 0 amide bonds. The largest absolute Gasteiger partial charge is 0.490 e. The second kappa shape index (κ2) is 6.19. The molecule has 1 rings (SSSR count). The molecule has 0 saturated carbocycles. The predicted molar refractivity (Wildman–Crippen MR) is 56.4 cm³/mol. The highest BCUT2D eigenvalue weighted by Crippen LogP contribution is 2.14. The third kappa shape index (κ3) is 3.60. The molecule has 0 aliphatic carbocycles. The molecule has 0 aromatic heterocycles. The minimum absolute atomic E-state index is 0.0277. The van der Waals surface area contributed by atoms with Gasteiger partial charge in [0.05, 0.1) is 0 Å². The van der Waals surface area contributed by atoms with E-state index in [-0.39, 0.29) is 6.10 Å². The van der Waals surface area contributed by atoms with Gasteiger partial charge in [0.1, 0.15) is 18.1 Å². The van der Waals surface area contributed by atoms with Crippen molar-refractivity contribution >= 4 is 6.29 Å². The van der Waals surface area contributed by atoms with E-state index in [1.807, 2.05) is 30.3 Å². The van der Waals surface area contributed by atoms with Gasteiger partial charge in [0.2, 0.25) is 0 Å². The normalized spacial score (nSPS) is 12.1. The summed E-state index contributed by atoms with van der Waals surface area (Å²) in [5.41, 5.74) is 0. The van der Waals surface area contributed by atoms with Crippen LogP contribution in [0.5, 0.6) is 5.75 Å². The Morgan fingerprint density at radius 3 is 2.64 bits per heavy atom. The zero-order valence-electron chi connectivity index (χ0n) is 8.48. The van der Waals surface area contributed by atoms with Crippen molar-refractivity contribution < 1.29 is 9.53 Å². The maximum atomic E-state index is 10.4. The Labute approximate surface area is 84.9 Å². The first-order chi connectivity index (χ1) is 6.86. The summed E-state index contributed by atoms with van der Waals surface area (Å²) in [5, 5.41) is 0. The third-order valence-electron chi connectivity index (χ3n) is 2.02. The molecule has 0 saturated heterocycles. The molecule has 0 fully saturated rings. The third-order valence-corrected chi connectivity index (χ3v) is 2.02. The molecule has 0 radical (unpaired) electrons. The summed E-state index contributed by atoms with van der Waals surface area (Å²) in [6.07, 6.45) is 3.38. The molecule has 2 heteroatoms. The Balaban J connectivity index is 2.50. The number of carbonyl (C=O) groups excluding carboxylic acids is 1. The van der Waals surface area contributed by atoms with Crippen LogP contribution in [-0.2, 0) is 4.79 Å². The topological polar surface area (TPSA) is 26.3 Å². The molecule has 14 heavy (non-hydrogen) atoms. The zero-order chi connectivity index (χ0) is 10.2. The number of para-hydroxylation sites is 1. The quantitative estimate of drug-likeness (QED) is 0.648. The van der Waals surface area contributed by atoms with Crippen LogP contribution < -0.4 is 4.74 Å². The predicted octanol–water partition coefficient (Wildman–Crippen LogP) is 2.82. The molecule has 1 atom stereocenters. The van der Waals surface area contributed by atoms with E-state index in [4.69, 9.17) is 4.74 Å². The van der Waals surface area contributed by atoms with Crippen molar-refractivity contribution in [3.05, 3.63) is 30.3 Å². The van der Waals surface area contributed by atoms with Crippen LogP contribution in [0.15, 0.2) is 30.3 Å². The van der Waals surface area contributed by atoms with E-state index in [1.54, 1.807) is 0 Å². The number of benzene rings is 1. The van der Waals surface area contributed by atoms with Gasteiger partial charge in [0.25, 0.3) is 0 Å². The van der Waals surface area contributed by atoms with Gasteiger partial charge in [-0.05, 0) is 18.6 Å². The average molecular weight is 192 g/mol. The van der Waals surface area contributed by atoms with Gasteiger partial charge >= 0.3 is 0 Å². The molecule has 0 aliphatic heterocycles. The molecule has 1 aromatic carbocycles. The average Bonchev–Trinajstić information content (AvgIpc) is 2.20. The summed E-state index contributed by atoms with van der Waals surface area (Å²) in [4.78, 5) is 10.4. The number of hydrogen-bond donors (Lipinski definition) is 0. The van der Waals surface area contributed by atoms with Gasteiger partial charge in [-0.1, -0.05) is 31.5 Å².